The van der Waals surface area contributed by atoms with Crippen LogP contribution in [-0.4, -0.2) is 21.7 Å². The summed E-state index contributed by atoms with van der Waals surface area (Å²) in [4.78, 5) is 4.46. The van der Waals surface area contributed by atoms with Crippen molar-refractivity contribution in [3.63, 3.8) is 0 Å². The summed E-state index contributed by atoms with van der Waals surface area (Å²) >= 11 is 6.14. The Morgan fingerprint density at radius 2 is 2.00 bits per heavy atom. The lowest BCUT2D eigenvalue weighted by Crippen LogP contribution is -1.90. The molecule has 0 aliphatic heterocycles. The number of pyridine rings is 1. The first-order valence-corrected chi connectivity index (χ1v) is 5.81. The molecule has 3 rings (SSSR count). The largest absolute Gasteiger partial charge is 0.493 e. The molecule has 0 fully saturated rings. The minimum atomic E-state index is 0.588. The number of hydrogen-bond donors (Lipinski definition) is 0. The molecule has 0 aliphatic carbocycles. The zero-order valence-corrected chi connectivity index (χ0v) is 10.4. The van der Waals surface area contributed by atoms with Gasteiger partial charge in [-0.2, -0.15) is 0 Å². The summed E-state index contributed by atoms with van der Waals surface area (Å²) < 4.78 is 6.93. The van der Waals surface area contributed by atoms with E-state index in [2.05, 4.69) is 10.1 Å². The first-order chi connectivity index (χ1) is 8.79. The van der Waals surface area contributed by atoms with Crippen molar-refractivity contribution in [3.8, 4) is 17.1 Å². The Hall–Kier alpha value is -2.07. The average molecular weight is 260 g/mol. The zero-order chi connectivity index (χ0) is 12.5. The van der Waals surface area contributed by atoms with Crippen LogP contribution in [0.3, 0.4) is 0 Å². The fraction of sp³-hybridized carbons (Fsp3) is 0.0769. The van der Waals surface area contributed by atoms with E-state index in [0.29, 0.717) is 22.2 Å². The van der Waals surface area contributed by atoms with E-state index in [9.17, 15) is 0 Å². The Kier molecular flexibility index (Phi) is 2.64. The molecule has 0 radical (unpaired) electrons. The number of methoxy groups -OCH3 is 1. The molecule has 4 nitrogen and oxygen atoms in total. The van der Waals surface area contributed by atoms with Crippen LogP contribution in [0.4, 0.5) is 0 Å². The highest BCUT2D eigenvalue weighted by Crippen LogP contribution is 2.27. The van der Waals surface area contributed by atoms with Crippen LogP contribution in [0, 0.1) is 0 Å². The van der Waals surface area contributed by atoms with E-state index in [-0.39, 0.29) is 0 Å². The molecule has 0 atom stereocenters. The number of fused-ring (bicyclic) bond motifs is 1. The van der Waals surface area contributed by atoms with Crippen LogP contribution in [0.15, 0.2) is 42.6 Å². The number of benzene rings is 1. The van der Waals surface area contributed by atoms with Crippen LogP contribution in [0.25, 0.3) is 17.0 Å². The predicted octanol–water partition coefficient (Wildman–Crippen LogP) is 3.06. The third-order valence-electron chi connectivity index (χ3n) is 2.66. The molecule has 2 aromatic heterocycles. The summed E-state index contributed by atoms with van der Waals surface area (Å²) in [5.74, 6) is 1.27. The minimum absolute atomic E-state index is 0.588. The summed E-state index contributed by atoms with van der Waals surface area (Å²) in [7, 11) is 1.61. The summed E-state index contributed by atoms with van der Waals surface area (Å²) in [6.07, 6.45) is 1.82. The average Bonchev–Trinajstić information content (AvgIpc) is 2.82. The molecule has 0 amide bonds. The van der Waals surface area contributed by atoms with Crippen LogP contribution in [0.2, 0.25) is 5.02 Å². The van der Waals surface area contributed by atoms with Gasteiger partial charge in [-0.1, -0.05) is 23.7 Å². The maximum atomic E-state index is 6.14. The van der Waals surface area contributed by atoms with E-state index in [1.807, 2.05) is 42.6 Å². The third kappa shape index (κ3) is 1.71. The predicted molar refractivity (Wildman–Crippen MR) is 70.0 cm³/mol. The third-order valence-corrected chi connectivity index (χ3v) is 2.99. The lowest BCUT2D eigenvalue weighted by molar-refractivity contribution is 0.416. The first-order valence-electron chi connectivity index (χ1n) is 5.44. The lowest BCUT2D eigenvalue weighted by Gasteiger charge is -1.98. The minimum Gasteiger partial charge on any atom is -0.493 e. The Labute approximate surface area is 109 Å². The number of nitrogens with zero attached hydrogens (tertiary/aromatic N) is 3. The van der Waals surface area contributed by atoms with E-state index in [1.54, 1.807) is 11.6 Å². The van der Waals surface area contributed by atoms with Crippen LogP contribution in [0.5, 0.6) is 5.75 Å². The van der Waals surface area contributed by atoms with Gasteiger partial charge in [0, 0.05) is 11.8 Å². The molecule has 3 aromatic rings. The Bertz CT molecular complexity index is 708. The SMILES string of the molecule is COc1cccn2nc(-c3ccccc3Cl)nc12. The van der Waals surface area contributed by atoms with E-state index in [1.165, 1.54) is 0 Å². The Morgan fingerprint density at radius 3 is 2.78 bits per heavy atom. The molecule has 0 N–H and O–H groups in total. The summed E-state index contributed by atoms with van der Waals surface area (Å²) in [6.45, 7) is 0. The van der Waals surface area contributed by atoms with Crippen molar-refractivity contribution in [2.24, 2.45) is 0 Å². The van der Waals surface area contributed by atoms with Gasteiger partial charge < -0.3 is 4.74 Å². The number of hydrogen-bond acceptors (Lipinski definition) is 3. The number of halogens is 1. The van der Waals surface area contributed by atoms with Crippen molar-refractivity contribution in [3.05, 3.63) is 47.6 Å². The molecular formula is C13H10ClN3O. The van der Waals surface area contributed by atoms with Crippen molar-refractivity contribution in [2.45, 2.75) is 0 Å². The second-order valence-corrected chi connectivity index (χ2v) is 4.17. The van der Waals surface area contributed by atoms with Crippen LogP contribution in [0.1, 0.15) is 0 Å². The van der Waals surface area contributed by atoms with Gasteiger partial charge in [0.1, 0.15) is 0 Å². The topological polar surface area (TPSA) is 39.4 Å². The molecule has 5 heteroatoms. The van der Waals surface area contributed by atoms with E-state index in [4.69, 9.17) is 16.3 Å². The van der Waals surface area contributed by atoms with Gasteiger partial charge in [-0.15, -0.1) is 5.10 Å². The van der Waals surface area contributed by atoms with Gasteiger partial charge in [-0.05, 0) is 24.3 Å². The highest BCUT2D eigenvalue weighted by atomic mass is 35.5. The highest BCUT2D eigenvalue weighted by molar-refractivity contribution is 6.33. The van der Waals surface area contributed by atoms with Gasteiger partial charge in [0.25, 0.3) is 0 Å². The summed E-state index contributed by atoms with van der Waals surface area (Å²) in [6, 6.07) is 11.2. The van der Waals surface area contributed by atoms with E-state index in [0.717, 1.165) is 5.56 Å². The normalized spacial score (nSPS) is 10.8. The summed E-state index contributed by atoms with van der Waals surface area (Å²) in [5, 5.41) is 5.03. The number of rotatable bonds is 2. The van der Waals surface area contributed by atoms with Crippen LogP contribution >= 0.6 is 11.6 Å². The van der Waals surface area contributed by atoms with Crippen molar-refractivity contribution in [1.82, 2.24) is 14.6 Å². The van der Waals surface area contributed by atoms with Crippen molar-refractivity contribution in [2.75, 3.05) is 7.11 Å². The fourth-order valence-electron chi connectivity index (χ4n) is 1.80. The maximum absolute atomic E-state index is 6.14. The van der Waals surface area contributed by atoms with Crippen molar-refractivity contribution >= 4 is 17.2 Å². The fourth-order valence-corrected chi connectivity index (χ4v) is 2.02. The Balaban J connectivity index is 2.23. The van der Waals surface area contributed by atoms with E-state index < -0.39 is 0 Å². The van der Waals surface area contributed by atoms with Gasteiger partial charge >= 0.3 is 0 Å². The molecule has 1 aromatic carbocycles. The molecular weight excluding hydrogens is 250 g/mol. The molecule has 18 heavy (non-hydrogen) atoms. The monoisotopic (exact) mass is 259 g/mol. The second kappa shape index (κ2) is 4.31. The molecule has 0 saturated carbocycles. The van der Waals surface area contributed by atoms with Crippen molar-refractivity contribution < 1.29 is 4.74 Å². The smallest absolute Gasteiger partial charge is 0.198 e. The number of ether oxygens (including phenoxy) is 1. The molecule has 0 unspecified atom stereocenters. The van der Waals surface area contributed by atoms with Gasteiger partial charge in [0.2, 0.25) is 0 Å². The molecule has 0 saturated heterocycles. The highest BCUT2D eigenvalue weighted by Gasteiger charge is 2.11. The zero-order valence-electron chi connectivity index (χ0n) is 9.67. The summed E-state index contributed by atoms with van der Waals surface area (Å²) in [5.41, 5.74) is 1.49. The van der Waals surface area contributed by atoms with Crippen LogP contribution in [-0.2, 0) is 0 Å². The number of aromatic nitrogens is 3. The van der Waals surface area contributed by atoms with Gasteiger partial charge in [0.15, 0.2) is 17.2 Å². The molecule has 0 aliphatic rings. The second-order valence-electron chi connectivity index (χ2n) is 3.76. The molecule has 90 valence electrons. The van der Waals surface area contributed by atoms with Gasteiger partial charge in [0.05, 0.1) is 12.1 Å². The standard InChI is InChI=1S/C13H10ClN3O/c1-18-11-7-4-8-17-13(11)15-12(16-17)9-5-2-3-6-10(9)14/h2-8H,1H3. The molecule has 0 bridgehead atoms. The van der Waals surface area contributed by atoms with Gasteiger partial charge in [-0.25, -0.2) is 9.50 Å². The maximum Gasteiger partial charge on any atom is 0.198 e. The molecule has 0 spiro atoms. The lowest BCUT2D eigenvalue weighted by atomic mass is 10.2. The first kappa shape index (κ1) is 11.0. The molecule has 2 heterocycles. The van der Waals surface area contributed by atoms with Gasteiger partial charge in [-0.3, -0.25) is 0 Å². The van der Waals surface area contributed by atoms with Crippen molar-refractivity contribution in [1.29, 1.82) is 0 Å². The Morgan fingerprint density at radius 1 is 1.17 bits per heavy atom. The van der Waals surface area contributed by atoms with E-state index >= 15 is 0 Å². The van der Waals surface area contributed by atoms with Crippen LogP contribution < -0.4 is 4.74 Å². The quantitative estimate of drug-likeness (QED) is 0.710.